The summed E-state index contributed by atoms with van der Waals surface area (Å²) in [5.41, 5.74) is 1.36. The van der Waals surface area contributed by atoms with Crippen LogP contribution < -0.4 is 25.6 Å². The number of nitrogens with one attached hydrogen (secondary N) is 3. The third kappa shape index (κ3) is 8.31. The van der Waals surface area contributed by atoms with Gasteiger partial charge >= 0.3 is 6.03 Å². The van der Waals surface area contributed by atoms with Gasteiger partial charge in [-0.1, -0.05) is 44.7 Å². The highest BCUT2D eigenvalue weighted by atomic mass is 35.5. The molecule has 1 fully saturated rings. The number of halogens is 2. The van der Waals surface area contributed by atoms with E-state index < -0.39 is 11.8 Å². The molecule has 3 aromatic rings. The molecule has 208 valence electrons. The molecule has 11 heteroatoms. The molecule has 0 saturated heterocycles. The lowest BCUT2D eigenvalue weighted by molar-refractivity contribution is -0.118. The zero-order valence-electron chi connectivity index (χ0n) is 22.0. The van der Waals surface area contributed by atoms with E-state index in [-0.39, 0.29) is 23.2 Å². The highest BCUT2D eigenvalue weighted by Gasteiger charge is 2.25. The van der Waals surface area contributed by atoms with Crippen molar-refractivity contribution in [3.63, 3.8) is 0 Å². The molecule has 1 aliphatic carbocycles. The molecule has 4 rings (SSSR count). The fourth-order valence-electron chi connectivity index (χ4n) is 4.64. The zero-order valence-corrected chi connectivity index (χ0v) is 23.6. The number of benzene rings is 2. The van der Waals surface area contributed by atoms with Crippen molar-refractivity contribution in [1.29, 1.82) is 0 Å². The Morgan fingerprint density at radius 3 is 2.56 bits per heavy atom. The van der Waals surface area contributed by atoms with E-state index in [0.717, 1.165) is 44.0 Å². The third-order valence-corrected chi connectivity index (χ3v) is 7.25. The maximum atomic E-state index is 14.3. The Kier molecular flexibility index (Phi) is 10.00. The molecule has 0 aliphatic heterocycles. The van der Waals surface area contributed by atoms with Gasteiger partial charge in [-0.25, -0.2) is 14.2 Å². The number of thiazole rings is 1. The van der Waals surface area contributed by atoms with Gasteiger partial charge in [-0.2, -0.15) is 0 Å². The molecule has 39 heavy (non-hydrogen) atoms. The van der Waals surface area contributed by atoms with E-state index in [1.54, 1.807) is 23.7 Å². The third-order valence-electron chi connectivity index (χ3n) is 6.33. The minimum absolute atomic E-state index is 0.0102. The first-order valence-electron chi connectivity index (χ1n) is 13.0. The Hall–Kier alpha value is -3.37. The minimum Gasteiger partial charge on any atom is -0.484 e. The molecule has 3 amide bonds. The van der Waals surface area contributed by atoms with E-state index in [4.69, 9.17) is 16.3 Å². The predicted molar refractivity (Wildman–Crippen MR) is 156 cm³/mol. The van der Waals surface area contributed by atoms with Crippen molar-refractivity contribution in [2.75, 3.05) is 34.0 Å². The highest BCUT2D eigenvalue weighted by Crippen LogP contribution is 2.36. The molecular formula is C28H33ClFN5O3S. The van der Waals surface area contributed by atoms with Gasteiger partial charge in [0.15, 0.2) is 11.7 Å². The van der Waals surface area contributed by atoms with Crippen molar-refractivity contribution in [3.8, 4) is 5.75 Å². The smallest absolute Gasteiger partial charge is 0.323 e. The van der Waals surface area contributed by atoms with Gasteiger partial charge in [-0.15, -0.1) is 11.3 Å². The van der Waals surface area contributed by atoms with Gasteiger partial charge in [0.05, 0.1) is 17.1 Å². The Labute approximate surface area is 236 Å². The molecule has 2 aromatic carbocycles. The summed E-state index contributed by atoms with van der Waals surface area (Å²) in [5.74, 6) is -0.177. The van der Waals surface area contributed by atoms with Gasteiger partial charge in [0.1, 0.15) is 11.6 Å². The summed E-state index contributed by atoms with van der Waals surface area (Å²) in [6.07, 6.45) is 7.30. The number of nitrogens with zero attached hydrogens (tertiary/aromatic N) is 2. The molecule has 0 atom stereocenters. The fraction of sp³-hybridized carbons (Fsp3) is 0.393. The van der Waals surface area contributed by atoms with E-state index in [0.29, 0.717) is 28.5 Å². The van der Waals surface area contributed by atoms with E-state index in [1.165, 1.54) is 29.9 Å². The summed E-state index contributed by atoms with van der Waals surface area (Å²) in [6.45, 7) is 4.91. The molecule has 0 unspecified atom stereocenters. The summed E-state index contributed by atoms with van der Waals surface area (Å²) in [5, 5.41) is 10.6. The summed E-state index contributed by atoms with van der Waals surface area (Å²) in [7, 11) is 0. The van der Waals surface area contributed by atoms with Crippen LogP contribution in [0.25, 0.3) is 0 Å². The first kappa shape index (κ1) is 28.6. The van der Waals surface area contributed by atoms with Crippen LogP contribution in [-0.2, 0) is 4.79 Å². The number of hydrogen-bond donors (Lipinski definition) is 3. The molecule has 1 heterocycles. The molecule has 1 aliphatic rings. The Bertz CT molecular complexity index is 1270. The minimum atomic E-state index is -0.634. The normalized spacial score (nSPS) is 13.7. The summed E-state index contributed by atoms with van der Waals surface area (Å²) >= 11 is 7.16. The monoisotopic (exact) mass is 573 g/mol. The van der Waals surface area contributed by atoms with Crippen molar-refractivity contribution < 1.29 is 18.7 Å². The largest absolute Gasteiger partial charge is 0.484 e. The lowest BCUT2D eigenvalue weighted by Crippen LogP contribution is -2.40. The maximum absolute atomic E-state index is 14.3. The lowest BCUT2D eigenvalue weighted by Gasteiger charge is -2.38. The molecular weight excluding hydrogens is 541 g/mol. The van der Waals surface area contributed by atoms with E-state index in [9.17, 15) is 14.0 Å². The number of urea groups is 1. The number of anilines is 4. The van der Waals surface area contributed by atoms with Gasteiger partial charge in [-0.05, 0) is 49.1 Å². The predicted octanol–water partition coefficient (Wildman–Crippen LogP) is 7.39. The van der Waals surface area contributed by atoms with Crippen LogP contribution in [0.2, 0.25) is 5.02 Å². The van der Waals surface area contributed by atoms with E-state index in [2.05, 4.69) is 39.7 Å². The van der Waals surface area contributed by atoms with Crippen molar-refractivity contribution >= 4 is 57.1 Å². The Balaban J connectivity index is 1.57. The highest BCUT2D eigenvalue weighted by molar-refractivity contribution is 7.13. The van der Waals surface area contributed by atoms with Crippen molar-refractivity contribution in [2.24, 2.45) is 5.92 Å². The average Bonchev–Trinajstić information content (AvgIpc) is 3.41. The van der Waals surface area contributed by atoms with Crippen LogP contribution in [0.4, 0.5) is 31.4 Å². The summed E-state index contributed by atoms with van der Waals surface area (Å²) in [6, 6.07) is 9.18. The second-order valence-electron chi connectivity index (χ2n) is 9.89. The number of amides is 3. The van der Waals surface area contributed by atoms with Crippen LogP contribution in [0.15, 0.2) is 48.0 Å². The van der Waals surface area contributed by atoms with Crippen LogP contribution in [0, 0.1) is 11.7 Å². The van der Waals surface area contributed by atoms with Crippen molar-refractivity contribution in [1.82, 2.24) is 4.98 Å². The van der Waals surface area contributed by atoms with Crippen LogP contribution in [0.3, 0.4) is 0 Å². The SMILES string of the molecule is CC(C)CN(c1ccc(OCC(=O)Nc2nccs2)cc1NC(=O)Nc1ccc(Cl)cc1F)C1CCCCC1. The number of aromatic nitrogens is 1. The number of carbonyl (C=O) groups is 2. The van der Waals surface area contributed by atoms with Crippen LogP contribution in [-0.4, -0.2) is 36.1 Å². The number of carbonyl (C=O) groups excluding carboxylic acids is 2. The second kappa shape index (κ2) is 13.6. The first-order valence-corrected chi connectivity index (χ1v) is 14.3. The van der Waals surface area contributed by atoms with Gasteiger partial charge in [-0.3, -0.25) is 10.1 Å². The number of hydrogen-bond acceptors (Lipinski definition) is 6. The van der Waals surface area contributed by atoms with E-state index >= 15 is 0 Å². The molecule has 3 N–H and O–H groups in total. The first-order chi connectivity index (χ1) is 18.8. The molecule has 0 radical (unpaired) electrons. The van der Waals surface area contributed by atoms with Crippen molar-refractivity contribution in [2.45, 2.75) is 52.0 Å². The van der Waals surface area contributed by atoms with Gasteiger partial charge in [0.2, 0.25) is 0 Å². The average molecular weight is 574 g/mol. The Morgan fingerprint density at radius 1 is 1.10 bits per heavy atom. The molecule has 0 bridgehead atoms. The molecule has 0 spiro atoms. The molecule has 8 nitrogen and oxygen atoms in total. The Morgan fingerprint density at radius 2 is 1.87 bits per heavy atom. The quantitative estimate of drug-likeness (QED) is 0.235. The fourth-order valence-corrected chi connectivity index (χ4v) is 5.35. The lowest BCUT2D eigenvalue weighted by atomic mass is 9.93. The summed E-state index contributed by atoms with van der Waals surface area (Å²) < 4.78 is 20.1. The van der Waals surface area contributed by atoms with Gasteiger partial charge in [0.25, 0.3) is 5.91 Å². The topological polar surface area (TPSA) is 95.6 Å². The van der Waals surface area contributed by atoms with E-state index in [1.807, 2.05) is 6.07 Å². The standard InChI is InChI=1S/C28H33ClFN5O3S/c1-18(2)16-35(20-6-4-3-5-7-20)25-11-9-21(38-17-26(36)34-28-31-12-13-39-28)15-24(25)33-27(37)32-23-10-8-19(29)14-22(23)30/h8-15,18,20H,3-7,16-17H2,1-2H3,(H,31,34,36)(H2,32,33,37). The zero-order chi connectivity index (χ0) is 27.8. The summed E-state index contributed by atoms with van der Waals surface area (Å²) in [4.78, 5) is 31.7. The molecule has 1 aromatic heterocycles. The van der Waals surface area contributed by atoms with Crippen molar-refractivity contribution in [3.05, 3.63) is 58.8 Å². The number of ether oxygens (including phenoxy) is 1. The van der Waals surface area contributed by atoms with Gasteiger partial charge in [0, 0.05) is 35.3 Å². The second-order valence-corrected chi connectivity index (χ2v) is 11.2. The number of rotatable bonds is 10. The maximum Gasteiger partial charge on any atom is 0.323 e. The molecule has 1 saturated carbocycles. The van der Waals surface area contributed by atoms with Crippen LogP contribution >= 0.6 is 22.9 Å². The van der Waals surface area contributed by atoms with Gasteiger partial charge < -0.3 is 20.3 Å². The van der Waals surface area contributed by atoms with Crippen LogP contribution in [0.5, 0.6) is 5.75 Å². The van der Waals surface area contributed by atoms with Crippen LogP contribution in [0.1, 0.15) is 46.0 Å².